The lowest BCUT2D eigenvalue weighted by Crippen LogP contribution is -2.04. The summed E-state index contributed by atoms with van der Waals surface area (Å²) < 4.78 is 10.6. The summed E-state index contributed by atoms with van der Waals surface area (Å²) in [5.74, 6) is 1.61. The molecule has 0 unspecified atom stereocenters. The van der Waals surface area contributed by atoms with Crippen LogP contribution < -0.4 is 14.8 Å². The van der Waals surface area contributed by atoms with Gasteiger partial charge in [0, 0.05) is 11.3 Å². The van der Waals surface area contributed by atoms with Crippen molar-refractivity contribution in [1.82, 2.24) is 4.98 Å². The third-order valence-corrected chi connectivity index (χ3v) is 3.77. The Balaban J connectivity index is 1.84. The zero-order chi connectivity index (χ0) is 16.8. The Labute approximate surface area is 142 Å². The average Bonchev–Trinajstić information content (AvgIpc) is 2.67. The van der Waals surface area contributed by atoms with E-state index >= 15 is 0 Å². The minimum absolute atomic E-state index is 0.594. The minimum Gasteiger partial charge on any atom is -0.497 e. The van der Waals surface area contributed by atoms with Crippen molar-refractivity contribution in [2.24, 2.45) is 0 Å². The molecule has 4 nitrogen and oxygen atoms in total. The highest BCUT2D eigenvalue weighted by atomic mass is 16.5. The van der Waals surface area contributed by atoms with E-state index in [1.807, 2.05) is 66.7 Å². The van der Waals surface area contributed by atoms with Gasteiger partial charge in [-0.05, 0) is 48.5 Å². The number of rotatable bonds is 6. The first-order valence-corrected chi connectivity index (χ1v) is 7.77. The first-order valence-electron chi connectivity index (χ1n) is 7.77. The van der Waals surface area contributed by atoms with Gasteiger partial charge in [0.05, 0.1) is 26.5 Å². The maximum atomic E-state index is 5.44. The Morgan fingerprint density at radius 3 is 2.25 bits per heavy atom. The number of hydrogen-bond acceptors (Lipinski definition) is 4. The van der Waals surface area contributed by atoms with Crippen molar-refractivity contribution in [1.29, 1.82) is 0 Å². The topological polar surface area (TPSA) is 43.4 Å². The molecule has 0 saturated carbocycles. The monoisotopic (exact) mass is 320 g/mol. The lowest BCUT2D eigenvalue weighted by atomic mass is 10.1. The van der Waals surface area contributed by atoms with Crippen molar-refractivity contribution in [2.75, 3.05) is 19.5 Å². The summed E-state index contributed by atoms with van der Waals surface area (Å²) in [7, 11) is 3.32. The van der Waals surface area contributed by atoms with Gasteiger partial charge in [0.15, 0.2) is 0 Å². The summed E-state index contributed by atoms with van der Waals surface area (Å²) in [5, 5.41) is 3.37. The van der Waals surface area contributed by atoms with Crippen LogP contribution in [0, 0.1) is 0 Å². The molecule has 0 bridgehead atoms. The number of pyridine rings is 1. The molecule has 0 atom stereocenters. The lowest BCUT2D eigenvalue weighted by molar-refractivity contribution is 0.407. The fourth-order valence-corrected chi connectivity index (χ4v) is 2.47. The average molecular weight is 320 g/mol. The van der Waals surface area contributed by atoms with Gasteiger partial charge >= 0.3 is 0 Å². The van der Waals surface area contributed by atoms with Crippen LogP contribution >= 0.6 is 0 Å². The molecular weight excluding hydrogens is 300 g/mol. The van der Waals surface area contributed by atoms with Crippen LogP contribution in [0.15, 0.2) is 66.7 Å². The molecule has 122 valence electrons. The van der Waals surface area contributed by atoms with Crippen LogP contribution in [0.3, 0.4) is 0 Å². The number of ether oxygens (including phenoxy) is 2. The molecule has 0 saturated heterocycles. The molecular formula is C20H20N2O2. The summed E-state index contributed by atoms with van der Waals surface area (Å²) >= 11 is 0. The summed E-state index contributed by atoms with van der Waals surface area (Å²) in [6, 6.07) is 21.8. The van der Waals surface area contributed by atoms with Crippen molar-refractivity contribution >= 4 is 5.69 Å². The van der Waals surface area contributed by atoms with Crippen LogP contribution in [-0.4, -0.2) is 19.2 Å². The number of hydrogen-bond donors (Lipinski definition) is 1. The van der Waals surface area contributed by atoms with Crippen LogP contribution in [0.4, 0.5) is 5.69 Å². The Morgan fingerprint density at radius 1 is 0.833 bits per heavy atom. The van der Waals surface area contributed by atoms with E-state index in [0.29, 0.717) is 6.54 Å². The van der Waals surface area contributed by atoms with E-state index in [2.05, 4.69) is 5.32 Å². The fourth-order valence-electron chi connectivity index (χ4n) is 2.47. The molecule has 0 amide bonds. The quantitative estimate of drug-likeness (QED) is 0.732. The predicted octanol–water partition coefficient (Wildman–Crippen LogP) is 4.38. The number of nitrogens with zero attached hydrogens (tertiary/aromatic N) is 1. The first kappa shape index (κ1) is 15.9. The van der Waals surface area contributed by atoms with E-state index in [-0.39, 0.29) is 0 Å². The van der Waals surface area contributed by atoms with Gasteiger partial charge in [0.2, 0.25) is 0 Å². The van der Waals surface area contributed by atoms with Crippen molar-refractivity contribution in [3.8, 4) is 22.8 Å². The Bertz CT molecular complexity index is 786. The normalized spacial score (nSPS) is 10.2. The van der Waals surface area contributed by atoms with Gasteiger partial charge in [-0.15, -0.1) is 0 Å². The Morgan fingerprint density at radius 2 is 1.58 bits per heavy atom. The molecule has 1 N–H and O–H groups in total. The molecule has 3 rings (SSSR count). The van der Waals surface area contributed by atoms with Gasteiger partial charge in [-0.2, -0.15) is 0 Å². The highest BCUT2D eigenvalue weighted by Gasteiger charge is 2.08. The van der Waals surface area contributed by atoms with E-state index in [4.69, 9.17) is 14.5 Å². The van der Waals surface area contributed by atoms with Crippen LogP contribution in [0.5, 0.6) is 11.5 Å². The number of methoxy groups -OCH3 is 2. The molecule has 0 aliphatic heterocycles. The number of nitrogens with one attached hydrogen (secondary N) is 1. The van der Waals surface area contributed by atoms with E-state index in [9.17, 15) is 0 Å². The molecule has 1 aromatic heterocycles. The predicted molar refractivity (Wildman–Crippen MR) is 96.5 cm³/mol. The molecule has 2 aromatic carbocycles. The maximum Gasteiger partial charge on any atom is 0.142 e. The van der Waals surface area contributed by atoms with Crippen LogP contribution in [-0.2, 0) is 6.54 Å². The molecule has 3 aromatic rings. The molecule has 0 radical (unpaired) electrons. The number of aromatic nitrogens is 1. The fraction of sp³-hybridized carbons (Fsp3) is 0.150. The summed E-state index contributed by atoms with van der Waals surface area (Å²) in [5.41, 5.74) is 3.87. The summed E-state index contributed by atoms with van der Waals surface area (Å²) in [6.45, 7) is 0.594. The maximum absolute atomic E-state index is 5.44. The van der Waals surface area contributed by atoms with E-state index in [1.54, 1.807) is 14.2 Å². The first-order chi connectivity index (χ1) is 11.8. The molecule has 24 heavy (non-hydrogen) atoms. The van der Waals surface area contributed by atoms with Crippen molar-refractivity contribution in [3.05, 3.63) is 72.4 Å². The SMILES string of the molecule is COc1ccc(-c2ccc(OC)c(CNc3ccccc3)n2)cc1. The van der Waals surface area contributed by atoms with Crippen molar-refractivity contribution < 1.29 is 9.47 Å². The second-order valence-corrected chi connectivity index (χ2v) is 5.29. The third kappa shape index (κ3) is 3.66. The van der Waals surface area contributed by atoms with Crippen LogP contribution in [0.1, 0.15) is 5.69 Å². The van der Waals surface area contributed by atoms with Crippen molar-refractivity contribution in [2.45, 2.75) is 6.54 Å². The Hall–Kier alpha value is -3.01. The highest BCUT2D eigenvalue weighted by molar-refractivity contribution is 5.61. The van der Waals surface area contributed by atoms with Gasteiger partial charge in [0.1, 0.15) is 17.2 Å². The molecule has 0 aliphatic carbocycles. The Kier molecular flexibility index (Phi) is 4.96. The van der Waals surface area contributed by atoms with E-state index in [1.165, 1.54) is 0 Å². The van der Waals surface area contributed by atoms with Gasteiger partial charge in [-0.3, -0.25) is 0 Å². The van der Waals surface area contributed by atoms with Gasteiger partial charge < -0.3 is 14.8 Å². The van der Waals surface area contributed by atoms with Gasteiger partial charge in [-0.1, -0.05) is 18.2 Å². The molecule has 4 heteroatoms. The molecule has 0 aliphatic rings. The largest absolute Gasteiger partial charge is 0.497 e. The van der Waals surface area contributed by atoms with Crippen molar-refractivity contribution in [3.63, 3.8) is 0 Å². The van der Waals surface area contributed by atoms with Gasteiger partial charge in [0.25, 0.3) is 0 Å². The summed E-state index contributed by atoms with van der Waals surface area (Å²) in [6.07, 6.45) is 0. The molecule has 1 heterocycles. The molecule has 0 fully saturated rings. The zero-order valence-electron chi connectivity index (χ0n) is 13.8. The second-order valence-electron chi connectivity index (χ2n) is 5.29. The highest BCUT2D eigenvalue weighted by Crippen LogP contribution is 2.25. The van der Waals surface area contributed by atoms with Gasteiger partial charge in [-0.25, -0.2) is 4.98 Å². The van der Waals surface area contributed by atoms with E-state index in [0.717, 1.165) is 34.1 Å². The van der Waals surface area contributed by atoms with E-state index < -0.39 is 0 Å². The lowest BCUT2D eigenvalue weighted by Gasteiger charge is -2.12. The second kappa shape index (κ2) is 7.51. The minimum atomic E-state index is 0.594. The number of benzene rings is 2. The smallest absolute Gasteiger partial charge is 0.142 e. The third-order valence-electron chi connectivity index (χ3n) is 3.77. The number of anilines is 1. The van der Waals surface area contributed by atoms with Crippen LogP contribution in [0.25, 0.3) is 11.3 Å². The molecule has 0 spiro atoms. The zero-order valence-corrected chi connectivity index (χ0v) is 13.8. The standard InChI is InChI=1S/C20H20N2O2/c1-23-17-10-8-15(9-11-17)18-12-13-20(24-2)19(22-18)14-21-16-6-4-3-5-7-16/h3-13,21H,14H2,1-2H3. The summed E-state index contributed by atoms with van der Waals surface area (Å²) in [4.78, 5) is 4.76. The van der Waals surface area contributed by atoms with Crippen LogP contribution in [0.2, 0.25) is 0 Å². The number of para-hydroxylation sites is 1.